The van der Waals surface area contributed by atoms with Crippen LogP contribution in [0.2, 0.25) is 5.02 Å². The lowest BCUT2D eigenvalue weighted by Crippen LogP contribution is -2.19. The zero-order valence-electron chi connectivity index (χ0n) is 9.88. The lowest BCUT2D eigenvalue weighted by atomic mass is 9.97. The Bertz CT molecular complexity index is 444. The molecular weight excluding hydrogens is 247 g/mol. The highest BCUT2D eigenvalue weighted by Crippen LogP contribution is 2.31. The second kappa shape index (κ2) is 4.87. The van der Waals surface area contributed by atoms with Crippen molar-refractivity contribution in [2.75, 3.05) is 11.9 Å². The number of hydrogen-bond donors (Lipinski definition) is 1. The van der Waals surface area contributed by atoms with Crippen LogP contribution in [-0.2, 0) is 0 Å². The summed E-state index contributed by atoms with van der Waals surface area (Å²) >= 11 is 5.60. The molecule has 0 fully saturated rings. The molecule has 0 saturated heterocycles. The van der Waals surface area contributed by atoms with Crippen LogP contribution in [0.25, 0.3) is 0 Å². The highest BCUT2D eigenvalue weighted by molar-refractivity contribution is 6.31. The van der Waals surface area contributed by atoms with Gasteiger partial charge in [-0.15, -0.1) is 0 Å². The van der Waals surface area contributed by atoms with Gasteiger partial charge in [0.05, 0.1) is 16.0 Å². The molecule has 6 heteroatoms. The predicted molar refractivity (Wildman–Crippen MR) is 66.0 cm³/mol. The Kier molecular flexibility index (Phi) is 3.93. The summed E-state index contributed by atoms with van der Waals surface area (Å²) in [5.74, 6) is -0.792. The zero-order chi connectivity index (χ0) is 13.2. The molecule has 1 N–H and O–H groups in total. The first-order valence-corrected chi connectivity index (χ1v) is 5.46. The maximum atomic E-state index is 13.1. The van der Waals surface area contributed by atoms with Crippen LogP contribution in [0, 0.1) is 21.3 Å². The second-order valence-corrected chi connectivity index (χ2v) is 5.36. The fourth-order valence-corrected chi connectivity index (χ4v) is 1.35. The van der Waals surface area contributed by atoms with Crippen LogP contribution in [0.1, 0.15) is 20.8 Å². The molecule has 0 heterocycles. The Morgan fingerprint density at radius 3 is 2.53 bits per heavy atom. The first-order chi connectivity index (χ1) is 7.70. The van der Waals surface area contributed by atoms with E-state index < -0.39 is 10.7 Å². The molecule has 0 radical (unpaired) electrons. The van der Waals surface area contributed by atoms with Crippen LogP contribution in [0.15, 0.2) is 12.1 Å². The standard InChI is InChI=1S/C11H14ClFN2O2/c1-11(2,3)6-14-9-4-7(12)8(13)5-10(9)15(16)17/h4-5,14H,6H2,1-3H3. The predicted octanol–water partition coefficient (Wildman–Crippen LogP) is 3.85. The maximum Gasteiger partial charge on any atom is 0.295 e. The Hall–Kier alpha value is -1.36. The Morgan fingerprint density at radius 1 is 1.47 bits per heavy atom. The van der Waals surface area contributed by atoms with E-state index in [1.807, 2.05) is 20.8 Å². The van der Waals surface area contributed by atoms with Gasteiger partial charge in [-0.1, -0.05) is 32.4 Å². The first-order valence-electron chi connectivity index (χ1n) is 5.08. The molecule has 0 amide bonds. The quantitative estimate of drug-likeness (QED) is 0.663. The largest absolute Gasteiger partial charge is 0.379 e. The average molecular weight is 261 g/mol. The zero-order valence-corrected chi connectivity index (χ0v) is 10.6. The number of rotatable bonds is 3. The van der Waals surface area contributed by atoms with E-state index in [2.05, 4.69) is 5.32 Å². The van der Waals surface area contributed by atoms with E-state index in [0.717, 1.165) is 6.07 Å². The summed E-state index contributed by atoms with van der Waals surface area (Å²) in [6, 6.07) is 2.06. The monoisotopic (exact) mass is 260 g/mol. The van der Waals surface area contributed by atoms with Crippen LogP contribution in [-0.4, -0.2) is 11.5 Å². The first kappa shape index (κ1) is 13.7. The molecule has 0 atom stereocenters. The minimum Gasteiger partial charge on any atom is -0.379 e. The molecule has 0 aliphatic heterocycles. The molecule has 0 aromatic heterocycles. The molecule has 4 nitrogen and oxygen atoms in total. The molecular formula is C11H14ClFN2O2. The summed E-state index contributed by atoms with van der Waals surface area (Å²) in [6.45, 7) is 6.47. The SMILES string of the molecule is CC(C)(C)CNc1cc(Cl)c(F)cc1[N+](=O)[O-]. The summed E-state index contributed by atoms with van der Waals surface area (Å²) in [6.07, 6.45) is 0. The smallest absolute Gasteiger partial charge is 0.295 e. The van der Waals surface area contributed by atoms with E-state index in [1.54, 1.807) is 0 Å². The van der Waals surface area contributed by atoms with E-state index in [0.29, 0.717) is 6.54 Å². The van der Waals surface area contributed by atoms with Crippen LogP contribution >= 0.6 is 11.6 Å². The Morgan fingerprint density at radius 2 is 2.06 bits per heavy atom. The van der Waals surface area contributed by atoms with Crippen molar-refractivity contribution in [1.82, 2.24) is 0 Å². The lowest BCUT2D eigenvalue weighted by molar-refractivity contribution is -0.384. The van der Waals surface area contributed by atoms with E-state index in [1.165, 1.54) is 6.07 Å². The minimum atomic E-state index is -0.792. The molecule has 0 bridgehead atoms. The van der Waals surface area contributed by atoms with E-state index in [9.17, 15) is 14.5 Å². The van der Waals surface area contributed by atoms with Crippen LogP contribution in [0.4, 0.5) is 15.8 Å². The number of benzene rings is 1. The van der Waals surface area contributed by atoms with Crippen molar-refractivity contribution in [3.8, 4) is 0 Å². The van der Waals surface area contributed by atoms with Gasteiger partial charge in [-0.2, -0.15) is 0 Å². The van der Waals surface area contributed by atoms with Crippen molar-refractivity contribution in [2.24, 2.45) is 5.41 Å². The number of nitro groups is 1. The third-order valence-corrected chi connectivity index (χ3v) is 2.33. The molecule has 0 unspecified atom stereocenters. The molecule has 0 aliphatic carbocycles. The molecule has 0 aliphatic rings. The van der Waals surface area contributed by atoms with Gasteiger partial charge in [-0.05, 0) is 11.5 Å². The van der Waals surface area contributed by atoms with Crippen molar-refractivity contribution < 1.29 is 9.31 Å². The fourth-order valence-electron chi connectivity index (χ4n) is 1.19. The van der Waals surface area contributed by atoms with Crippen LogP contribution in [0.5, 0.6) is 0 Å². The van der Waals surface area contributed by atoms with Gasteiger partial charge < -0.3 is 5.32 Å². The average Bonchev–Trinajstić information content (AvgIpc) is 2.17. The van der Waals surface area contributed by atoms with Gasteiger partial charge in [-0.25, -0.2) is 4.39 Å². The van der Waals surface area contributed by atoms with Gasteiger partial charge in [0, 0.05) is 6.54 Å². The highest BCUT2D eigenvalue weighted by atomic mass is 35.5. The molecule has 17 heavy (non-hydrogen) atoms. The maximum absolute atomic E-state index is 13.1. The fraction of sp³-hybridized carbons (Fsp3) is 0.455. The van der Waals surface area contributed by atoms with E-state index >= 15 is 0 Å². The number of nitro benzene ring substituents is 1. The van der Waals surface area contributed by atoms with Crippen molar-refractivity contribution in [3.63, 3.8) is 0 Å². The Labute approximate surface area is 104 Å². The van der Waals surface area contributed by atoms with Crippen molar-refractivity contribution in [3.05, 3.63) is 33.1 Å². The normalized spacial score (nSPS) is 11.4. The highest BCUT2D eigenvalue weighted by Gasteiger charge is 2.19. The number of nitrogens with zero attached hydrogens (tertiary/aromatic N) is 1. The number of anilines is 1. The molecule has 1 aromatic carbocycles. The van der Waals surface area contributed by atoms with Gasteiger partial charge in [0.15, 0.2) is 0 Å². The summed E-state index contributed by atoms with van der Waals surface area (Å²) in [7, 11) is 0. The molecule has 1 rings (SSSR count). The minimum absolute atomic E-state index is 0.0469. The Balaban J connectivity index is 3.05. The summed E-state index contributed by atoms with van der Waals surface area (Å²) in [5, 5.41) is 13.5. The van der Waals surface area contributed by atoms with Gasteiger partial charge in [0.25, 0.3) is 5.69 Å². The number of hydrogen-bond acceptors (Lipinski definition) is 3. The van der Waals surface area contributed by atoms with E-state index in [-0.39, 0.29) is 21.8 Å². The molecule has 94 valence electrons. The van der Waals surface area contributed by atoms with Crippen LogP contribution in [0.3, 0.4) is 0 Å². The van der Waals surface area contributed by atoms with Gasteiger partial charge in [0.2, 0.25) is 0 Å². The van der Waals surface area contributed by atoms with Crippen molar-refractivity contribution >= 4 is 23.0 Å². The van der Waals surface area contributed by atoms with Gasteiger partial charge in [0.1, 0.15) is 11.5 Å². The lowest BCUT2D eigenvalue weighted by Gasteiger charge is -2.19. The third kappa shape index (κ3) is 3.85. The second-order valence-electron chi connectivity index (χ2n) is 4.95. The summed E-state index contributed by atoms with van der Waals surface area (Å²) < 4.78 is 13.1. The third-order valence-electron chi connectivity index (χ3n) is 2.04. The summed E-state index contributed by atoms with van der Waals surface area (Å²) in [4.78, 5) is 10.1. The van der Waals surface area contributed by atoms with Gasteiger partial charge >= 0.3 is 0 Å². The molecule has 0 spiro atoms. The topological polar surface area (TPSA) is 55.2 Å². The van der Waals surface area contributed by atoms with Crippen molar-refractivity contribution in [1.29, 1.82) is 0 Å². The number of halogens is 2. The van der Waals surface area contributed by atoms with Gasteiger partial charge in [-0.3, -0.25) is 10.1 Å². The summed E-state index contributed by atoms with van der Waals surface area (Å²) in [5.41, 5.74) is -0.123. The van der Waals surface area contributed by atoms with E-state index in [4.69, 9.17) is 11.6 Å². The number of nitrogens with one attached hydrogen (secondary N) is 1. The van der Waals surface area contributed by atoms with Crippen LogP contribution < -0.4 is 5.32 Å². The van der Waals surface area contributed by atoms with Crippen molar-refractivity contribution in [2.45, 2.75) is 20.8 Å². The molecule has 1 aromatic rings. The molecule has 0 saturated carbocycles.